The molecule has 26 heavy (non-hydrogen) atoms. The lowest BCUT2D eigenvalue weighted by atomic mass is 10.2. The second kappa shape index (κ2) is 8.40. The van der Waals surface area contributed by atoms with Gasteiger partial charge in [-0.15, -0.1) is 5.10 Å². The van der Waals surface area contributed by atoms with E-state index in [9.17, 15) is 4.79 Å². The molecule has 134 valence electrons. The van der Waals surface area contributed by atoms with E-state index in [2.05, 4.69) is 15.4 Å². The zero-order valence-electron chi connectivity index (χ0n) is 14.7. The van der Waals surface area contributed by atoms with Crippen LogP contribution in [0.25, 0.3) is 17.1 Å². The number of aryl methyl sites for hydroxylation is 1. The SMILES string of the molecule is Cc1ccc(-n2nc(C(=O)NCCCCO)nc2-c2ccccc2)cc1. The van der Waals surface area contributed by atoms with Crippen molar-refractivity contribution in [2.75, 3.05) is 13.2 Å². The molecule has 0 saturated carbocycles. The number of aromatic nitrogens is 3. The van der Waals surface area contributed by atoms with Gasteiger partial charge in [0.15, 0.2) is 5.82 Å². The lowest BCUT2D eigenvalue weighted by Gasteiger charge is -2.06. The van der Waals surface area contributed by atoms with E-state index < -0.39 is 0 Å². The van der Waals surface area contributed by atoms with Crippen LogP contribution in [0.5, 0.6) is 0 Å². The van der Waals surface area contributed by atoms with E-state index >= 15 is 0 Å². The summed E-state index contributed by atoms with van der Waals surface area (Å²) in [7, 11) is 0. The maximum Gasteiger partial charge on any atom is 0.290 e. The van der Waals surface area contributed by atoms with Gasteiger partial charge in [0, 0.05) is 18.7 Å². The number of hydrogen-bond acceptors (Lipinski definition) is 4. The lowest BCUT2D eigenvalue weighted by molar-refractivity contribution is 0.0942. The van der Waals surface area contributed by atoms with Crippen molar-refractivity contribution in [2.24, 2.45) is 0 Å². The van der Waals surface area contributed by atoms with Crippen molar-refractivity contribution in [1.29, 1.82) is 0 Å². The third kappa shape index (κ3) is 4.15. The molecule has 0 saturated heterocycles. The van der Waals surface area contributed by atoms with Gasteiger partial charge in [0.1, 0.15) is 0 Å². The Kier molecular flexibility index (Phi) is 5.76. The highest BCUT2D eigenvalue weighted by Gasteiger charge is 2.18. The van der Waals surface area contributed by atoms with E-state index in [0.29, 0.717) is 25.2 Å². The van der Waals surface area contributed by atoms with Gasteiger partial charge in [0.25, 0.3) is 5.91 Å². The standard InChI is InChI=1S/C20H22N4O2/c1-15-9-11-17(12-10-15)24-19(16-7-3-2-4-8-16)22-18(23-24)20(26)21-13-5-6-14-25/h2-4,7-12,25H,5-6,13-14H2,1H3,(H,21,26). The third-order valence-corrected chi connectivity index (χ3v) is 3.99. The Morgan fingerprint density at radius 2 is 1.81 bits per heavy atom. The van der Waals surface area contributed by atoms with Crippen LogP contribution >= 0.6 is 0 Å². The summed E-state index contributed by atoms with van der Waals surface area (Å²) in [6.45, 7) is 2.63. The van der Waals surface area contributed by atoms with E-state index in [0.717, 1.165) is 16.8 Å². The Balaban J connectivity index is 1.93. The summed E-state index contributed by atoms with van der Waals surface area (Å²) in [5.41, 5.74) is 2.89. The molecule has 3 aromatic rings. The summed E-state index contributed by atoms with van der Waals surface area (Å²) in [5.74, 6) is 0.439. The molecule has 1 aromatic heterocycles. The van der Waals surface area contributed by atoms with Crippen molar-refractivity contribution in [3.05, 3.63) is 66.0 Å². The number of unbranched alkanes of at least 4 members (excludes halogenated alkanes) is 1. The maximum absolute atomic E-state index is 12.4. The van der Waals surface area contributed by atoms with Gasteiger partial charge >= 0.3 is 0 Å². The fourth-order valence-corrected chi connectivity index (χ4v) is 2.57. The van der Waals surface area contributed by atoms with Crippen LogP contribution in [0, 0.1) is 6.92 Å². The summed E-state index contributed by atoms with van der Waals surface area (Å²) in [5, 5.41) is 16.0. The molecule has 0 bridgehead atoms. The first-order chi connectivity index (χ1) is 12.7. The molecule has 0 aliphatic carbocycles. The fourth-order valence-electron chi connectivity index (χ4n) is 2.57. The fraction of sp³-hybridized carbons (Fsp3) is 0.250. The molecule has 3 rings (SSSR count). The Labute approximate surface area is 152 Å². The van der Waals surface area contributed by atoms with E-state index in [1.807, 2.05) is 61.5 Å². The first-order valence-corrected chi connectivity index (χ1v) is 8.67. The molecule has 0 aliphatic heterocycles. The van der Waals surface area contributed by atoms with Gasteiger partial charge in [0.2, 0.25) is 5.82 Å². The highest BCUT2D eigenvalue weighted by atomic mass is 16.3. The second-order valence-corrected chi connectivity index (χ2v) is 6.06. The first kappa shape index (κ1) is 17.8. The molecule has 2 N–H and O–H groups in total. The van der Waals surface area contributed by atoms with Crippen LogP contribution in [0.4, 0.5) is 0 Å². The predicted molar refractivity (Wildman–Crippen MR) is 100 cm³/mol. The van der Waals surface area contributed by atoms with Gasteiger partial charge in [-0.25, -0.2) is 9.67 Å². The number of hydrogen-bond donors (Lipinski definition) is 2. The van der Waals surface area contributed by atoms with Crippen LogP contribution in [0.1, 0.15) is 29.0 Å². The van der Waals surface area contributed by atoms with Gasteiger partial charge in [-0.05, 0) is 31.9 Å². The van der Waals surface area contributed by atoms with Crippen LogP contribution in [0.2, 0.25) is 0 Å². The van der Waals surface area contributed by atoms with Gasteiger partial charge in [-0.1, -0.05) is 48.0 Å². The average Bonchev–Trinajstić information content (AvgIpc) is 3.12. The molecule has 0 spiro atoms. The molecule has 0 radical (unpaired) electrons. The molecule has 1 heterocycles. The molecular formula is C20H22N4O2. The number of aliphatic hydroxyl groups excluding tert-OH is 1. The normalized spacial score (nSPS) is 10.7. The molecule has 0 unspecified atom stereocenters. The number of carbonyl (C=O) groups excluding carboxylic acids is 1. The third-order valence-electron chi connectivity index (χ3n) is 3.99. The van der Waals surface area contributed by atoms with Crippen molar-refractivity contribution in [3.8, 4) is 17.1 Å². The maximum atomic E-state index is 12.4. The number of carbonyl (C=O) groups is 1. The van der Waals surface area contributed by atoms with Gasteiger partial charge < -0.3 is 10.4 Å². The summed E-state index contributed by atoms with van der Waals surface area (Å²) >= 11 is 0. The van der Waals surface area contributed by atoms with Crippen LogP contribution in [-0.4, -0.2) is 38.9 Å². The predicted octanol–water partition coefficient (Wildman–Crippen LogP) is 2.75. The summed E-state index contributed by atoms with van der Waals surface area (Å²) in [6, 6.07) is 17.6. The number of amides is 1. The minimum atomic E-state index is -0.314. The molecule has 0 aliphatic rings. The number of benzene rings is 2. The van der Waals surface area contributed by atoms with Crippen molar-refractivity contribution >= 4 is 5.91 Å². The highest BCUT2D eigenvalue weighted by Crippen LogP contribution is 2.21. The number of nitrogens with zero attached hydrogens (tertiary/aromatic N) is 3. The zero-order chi connectivity index (χ0) is 18.4. The quantitative estimate of drug-likeness (QED) is 0.642. The van der Waals surface area contributed by atoms with Crippen molar-refractivity contribution in [3.63, 3.8) is 0 Å². The smallest absolute Gasteiger partial charge is 0.290 e. The second-order valence-electron chi connectivity index (χ2n) is 6.06. The molecule has 0 fully saturated rings. The van der Waals surface area contributed by atoms with Gasteiger partial charge in [-0.2, -0.15) is 0 Å². The Hall–Kier alpha value is -2.99. The first-order valence-electron chi connectivity index (χ1n) is 8.67. The van der Waals surface area contributed by atoms with Gasteiger partial charge in [0.05, 0.1) is 5.69 Å². The van der Waals surface area contributed by atoms with Crippen LogP contribution in [0.3, 0.4) is 0 Å². The van der Waals surface area contributed by atoms with Gasteiger partial charge in [-0.3, -0.25) is 4.79 Å². The Bertz CT molecular complexity index is 857. The summed E-state index contributed by atoms with van der Waals surface area (Å²) in [4.78, 5) is 16.8. The minimum absolute atomic E-state index is 0.119. The highest BCUT2D eigenvalue weighted by molar-refractivity contribution is 5.91. The van der Waals surface area contributed by atoms with E-state index in [1.54, 1.807) is 4.68 Å². The van der Waals surface area contributed by atoms with Crippen molar-refractivity contribution in [1.82, 2.24) is 20.1 Å². The summed E-state index contributed by atoms with van der Waals surface area (Å²) < 4.78 is 1.69. The molecule has 6 heteroatoms. The van der Waals surface area contributed by atoms with Crippen molar-refractivity contribution < 1.29 is 9.90 Å². The molecule has 0 atom stereocenters. The Morgan fingerprint density at radius 3 is 2.50 bits per heavy atom. The zero-order valence-corrected chi connectivity index (χ0v) is 14.7. The topological polar surface area (TPSA) is 80.0 Å². The van der Waals surface area contributed by atoms with E-state index in [1.165, 1.54) is 0 Å². The average molecular weight is 350 g/mol. The molecule has 2 aromatic carbocycles. The van der Waals surface area contributed by atoms with Crippen molar-refractivity contribution in [2.45, 2.75) is 19.8 Å². The van der Waals surface area contributed by atoms with Crippen LogP contribution in [0.15, 0.2) is 54.6 Å². The molecular weight excluding hydrogens is 328 g/mol. The molecule has 1 amide bonds. The lowest BCUT2D eigenvalue weighted by Crippen LogP contribution is -2.25. The van der Waals surface area contributed by atoms with Crippen LogP contribution in [-0.2, 0) is 0 Å². The monoisotopic (exact) mass is 350 g/mol. The van der Waals surface area contributed by atoms with E-state index in [-0.39, 0.29) is 18.3 Å². The van der Waals surface area contributed by atoms with E-state index in [4.69, 9.17) is 5.11 Å². The number of rotatable bonds is 7. The largest absolute Gasteiger partial charge is 0.396 e. The summed E-state index contributed by atoms with van der Waals surface area (Å²) in [6.07, 6.45) is 1.37. The Morgan fingerprint density at radius 1 is 1.08 bits per heavy atom. The van der Waals surface area contributed by atoms with Crippen LogP contribution < -0.4 is 5.32 Å². The number of aliphatic hydroxyl groups is 1. The number of nitrogens with one attached hydrogen (secondary N) is 1. The molecule has 6 nitrogen and oxygen atoms in total. The minimum Gasteiger partial charge on any atom is -0.396 e.